The lowest BCUT2D eigenvalue weighted by atomic mass is 9.33. The molecule has 2 aromatic heterocycles. The fourth-order valence-corrected chi connectivity index (χ4v) is 16.3. The second-order valence-corrected chi connectivity index (χ2v) is 32.4. The minimum absolute atomic E-state index is 0.107. The third kappa shape index (κ3) is 10.7. The van der Waals surface area contributed by atoms with Gasteiger partial charge in [-0.15, -0.1) is 0 Å². The van der Waals surface area contributed by atoms with Crippen molar-refractivity contribution >= 4 is 107 Å². The number of nitrogens with zero attached hydrogens (tertiary/aromatic N) is 6. The molecule has 15 aromatic rings. The number of rotatable bonds is 8. The van der Waals surface area contributed by atoms with Crippen LogP contribution in [0.5, 0.6) is 0 Å². The molecule has 0 aliphatic carbocycles. The highest BCUT2D eigenvalue weighted by molar-refractivity contribution is 7.00. The van der Waals surface area contributed by atoms with Crippen LogP contribution in [-0.2, 0) is 21.7 Å². The zero-order valence-corrected chi connectivity index (χ0v) is 60.7. The average molecular weight is 1330 g/mol. The Labute approximate surface area is 605 Å². The van der Waals surface area contributed by atoms with E-state index in [1.54, 1.807) is 0 Å². The fourth-order valence-electron chi connectivity index (χ4n) is 16.3. The summed E-state index contributed by atoms with van der Waals surface area (Å²) < 4.78 is 4.86. The summed E-state index contributed by atoms with van der Waals surface area (Å²) in [6, 6.07) is 104. The van der Waals surface area contributed by atoms with Crippen LogP contribution >= 0.6 is 0 Å². The Bertz CT molecular complexity index is 5570. The van der Waals surface area contributed by atoms with Gasteiger partial charge in [0.1, 0.15) is 0 Å². The van der Waals surface area contributed by atoms with Crippen molar-refractivity contribution in [1.82, 2.24) is 9.13 Å². The lowest BCUT2D eigenvalue weighted by molar-refractivity contribution is 0.590. The molecule has 17 rings (SSSR count). The van der Waals surface area contributed by atoms with Gasteiger partial charge in [-0.25, -0.2) is 4.85 Å². The summed E-state index contributed by atoms with van der Waals surface area (Å²) in [5.74, 6) is 0. The van der Waals surface area contributed by atoms with Gasteiger partial charge < -0.3 is 18.9 Å². The molecule has 0 bridgehead atoms. The summed E-state index contributed by atoms with van der Waals surface area (Å²) in [7, 11) is 0. The zero-order chi connectivity index (χ0) is 71.2. The lowest BCUT2D eigenvalue weighted by Crippen LogP contribution is -2.61. The molecular formula is C96H81BN6. The molecular weight excluding hydrogens is 1250 g/mol. The van der Waals surface area contributed by atoms with Gasteiger partial charge in [-0.2, -0.15) is 5.26 Å². The largest absolute Gasteiger partial charge is 0.310 e. The van der Waals surface area contributed by atoms with E-state index in [1.807, 2.05) is 12.1 Å². The van der Waals surface area contributed by atoms with E-state index in [2.05, 4.69) is 374 Å². The van der Waals surface area contributed by atoms with Gasteiger partial charge in [0, 0.05) is 72.5 Å². The second-order valence-electron chi connectivity index (χ2n) is 32.4. The first-order valence-corrected chi connectivity index (χ1v) is 36.1. The van der Waals surface area contributed by atoms with Crippen LogP contribution in [-0.4, -0.2) is 15.8 Å². The van der Waals surface area contributed by atoms with Gasteiger partial charge in [0.2, 0.25) is 0 Å². The predicted molar refractivity (Wildman–Crippen MR) is 437 cm³/mol. The summed E-state index contributed by atoms with van der Waals surface area (Å²) >= 11 is 0. The maximum absolute atomic E-state index is 10.5. The molecule has 4 heterocycles. The van der Waals surface area contributed by atoms with Crippen molar-refractivity contribution in [3.63, 3.8) is 0 Å². The van der Waals surface area contributed by atoms with Crippen LogP contribution in [0.25, 0.3) is 104 Å². The van der Waals surface area contributed by atoms with Gasteiger partial charge >= 0.3 is 0 Å². The third-order valence-electron chi connectivity index (χ3n) is 21.7. The predicted octanol–water partition coefficient (Wildman–Crippen LogP) is 24.2. The maximum Gasteiger partial charge on any atom is 0.252 e. The summed E-state index contributed by atoms with van der Waals surface area (Å²) in [6.07, 6.45) is 0. The van der Waals surface area contributed by atoms with Gasteiger partial charge in [0.15, 0.2) is 5.69 Å². The van der Waals surface area contributed by atoms with E-state index in [4.69, 9.17) is 6.57 Å². The Balaban J connectivity index is 1.04. The van der Waals surface area contributed by atoms with Crippen molar-refractivity contribution in [2.24, 2.45) is 0 Å². The molecule has 2 aliphatic heterocycles. The van der Waals surface area contributed by atoms with Gasteiger partial charge in [0.25, 0.3) is 6.71 Å². The van der Waals surface area contributed by atoms with E-state index >= 15 is 0 Å². The number of hydrogen-bond donors (Lipinski definition) is 0. The summed E-state index contributed by atoms with van der Waals surface area (Å²) in [4.78, 5) is 9.28. The van der Waals surface area contributed by atoms with Gasteiger partial charge in [-0.3, -0.25) is 0 Å². The van der Waals surface area contributed by atoms with Crippen LogP contribution < -0.4 is 26.2 Å². The van der Waals surface area contributed by atoms with Crippen LogP contribution in [0.2, 0.25) is 0 Å². The fraction of sp³-hybridized carbons (Fsp3) is 0.167. The summed E-state index contributed by atoms with van der Waals surface area (Å²) in [5.41, 5.74) is 30.9. The van der Waals surface area contributed by atoms with Crippen molar-refractivity contribution < 1.29 is 0 Å². The molecule has 0 N–H and O–H groups in total. The van der Waals surface area contributed by atoms with Crippen LogP contribution in [0.4, 0.5) is 39.8 Å². The number of aromatic nitrogens is 2. The summed E-state index contributed by atoms with van der Waals surface area (Å²) in [5, 5.41) is 14.8. The Morgan fingerprint density at radius 1 is 0.330 bits per heavy atom. The SMILES string of the molecule is [C-]#[N+]c1ccc2c(c1)c1cc(C(C)(C)C)ccc1n2-c1ccc2c(c1)N(c1c(-c3ccccc3)cc(C(C)(C)C)cc1-c1ccccc1)c1cccc3c1B2c1ccc(-n2c4ccc(C#N)cc4c4cc(C(C)(C)C)ccc42)cc1N3c1c(-c2ccccc2)cc(C(C)(C)C)cc1-c1ccccc1. The number of anilines is 6. The molecule has 13 aromatic carbocycles. The molecule has 498 valence electrons. The second kappa shape index (κ2) is 23.9. The number of benzene rings is 13. The minimum atomic E-state index is -0.283. The number of nitriles is 1. The highest BCUT2D eigenvalue weighted by Gasteiger charge is 2.46. The first-order chi connectivity index (χ1) is 49.5. The molecule has 6 nitrogen and oxygen atoms in total. The maximum atomic E-state index is 10.5. The van der Waals surface area contributed by atoms with Crippen LogP contribution in [0.1, 0.15) is 111 Å². The number of hydrogen-bond acceptors (Lipinski definition) is 3. The van der Waals surface area contributed by atoms with Gasteiger partial charge in [0.05, 0.1) is 51.6 Å². The van der Waals surface area contributed by atoms with Crippen LogP contribution in [0.3, 0.4) is 0 Å². The molecule has 103 heavy (non-hydrogen) atoms. The monoisotopic (exact) mass is 1330 g/mol. The van der Waals surface area contributed by atoms with E-state index in [1.165, 1.54) is 38.6 Å². The van der Waals surface area contributed by atoms with Gasteiger partial charge in [-0.1, -0.05) is 241 Å². The first-order valence-electron chi connectivity index (χ1n) is 36.1. The standard InChI is InChI=1S/C96H81BN6/c1-93(2,3)65-38-46-83-77(50-65)76-49-60(59-98)37-45-82(76)100(83)70-41-43-80-88(57-70)102(91-72(61-27-18-14-19-28-61)52-67(95(7,8)9)53-73(91)62-29-20-15-21-30-62)86-35-26-36-87-90(86)97(80)81-44-42-71(101-84-47-39-66(94(4,5)6)51-78(84)79-56-69(99-13)40-48-85(79)101)58-89(81)103(87)92-74(63-31-22-16-23-32-63)54-68(96(10,11)12)55-75(92)64-33-24-17-25-34-64/h14-58H,1-12H3. The minimum Gasteiger partial charge on any atom is -0.310 e. The molecule has 0 saturated carbocycles. The lowest BCUT2D eigenvalue weighted by Gasteiger charge is -2.46. The molecule has 0 fully saturated rings. The Morgan fingerprint density at radius 2 is 0.680 bits per heavy atom. The van der Waals surface area contributed by atoms with E-state index in [0.717, 1.165) is 134 Å². The molecule has 0 amide bonds. The Hall–Kier alpha value is -11.9. The smallest absolute Gasteiger partial charge is 0.252 e. The number of fused-ring (bicyclic) bond motifs is 10. The quantitative estimate of drug-likeness (QED) is 0.112. The Morgan fingerprint density at radius 3 is 1.04 bits per heavy atom. The highest BCUT2D eigenvalue weighted by Crippen LogP contribution is 2.55. The normalized spacial score (nSPS) is 13.0. The van der Waals surface area contributed by atoms with Crippen molar-refractivity contribution in [3.8, 4) is 62.0 Å². The van der Waals surface area contributed by atoms with Crippen molar-refractivity contribution in [1.29, 1.82) is 5.26 Å². The zero-order valence-electron chi connectivity index (χ0n) is 60.7. The Kier molecular flexibility index (Phi) is 14.9. The molecule has 7 heteroatoms. The molecule has 0 unspecified atom stereocenters. The van der Waals surface area contributed by atoms with Crippen molar-refractivity contribution in [2.75, 3.05) is 9.80 Å². The van der Waals surface area contributed by atoms with E-state index in [0.29, 0.717) is 11.3 Å². The van der Waals surface area contributed by atoms with Crippen LogP contribution in [0, 0.1) is 17.9 Å². The van der Waals surface area contributed by atoms with E-state index in [9.17, 15) is 5.26 Å². The molecule has 0 radical (unpaired) electrons. The summed E-state index contributed by atoms with van der Waals surface area (Å²) in [6.45, 7) is 35.6. The molecule has 0 saturated heterocycles. The third-order valence-corrected chi connectivity index (χ3v) is 21.7. The van der Waals surface area contributed by atoms with Crippen molar-refractivity contribution in [3.05, 3.63) is 312 Å². The average Bonchev–Trinajstić information content (AvgIpc) is 0.839. The first kappa shape index (κ1) is 64.5. The van der Waals surface area contributed by atoms with E-state index in [-0.39, 0.29) is 28.4 Å². The van der Waals surface area contributed by atoms with Crippen molar-refractivity contribution in [2.45, 2.75) is 105 Å². The topological polar surface area (TPSA) is 44.5 Å². The molecule has 0 atom stereocenters. The molecule has 0 spiro atoms. The van der Waals surface area contributed by atoms with E-state index < -0.39 is 0 Å². The van der Waals surface area contributed by atoms with Crippen LogP contribution in [0.15, 0.2) is 273 Å². The highest BCUT2D eigenvalue weighted by atomic mass is 15.2. The van der Waals surface area contributed by atoms with Gasteiger partial charge in [-0.05, 0) is 203 Å². The molecule has 2 aliphatic rings.